The summed E-state index contributed by atoms with van der Waals surface area (Å²) < 4.78 is 0. The van der Waals surface area contributed by atoms with E-state index in [1.165, 1.54) is 36.8 Å². The van der Waals surface area contributed by atoms with Crippen molar-refractivity contribution in [1.29, 1.82) is 0 Å². The van der Waals surface area contributed by atoms with Crippen molar-refractivity contribution < 1.29 is 0 Å². The summed E-state index contributed by atoms with van der Waals surface area (Å²) in [6, 6.07) is 9.83. The zero-order valence-corrected chi connectivity index (χ0v) is 14.2. The molecule has 0 bridgehead atoms. The van der Waals surface area contributed by atoms with E-state index in [2.05, 4.69) is 56.6 Å². The Hall–Kier alpha value is -0.470. The van der Waals surface area contributed by atoms with Gasteiger partial charge in [0, 0.05) is 17.8 Å². The fourth-order valence-corrected chi connectivity index (χ4v) is 3.76. The predicted molar refractivity (Wildman–Crippen MR) is 91.5 cm³/mol. The molecule has 1 N–H and O–H groups in total. The number of benzene rings is 1. The van der Waals surface area contributed by atoms with E-state index in [1.54, 1.807) is 0 Å². The van der Waals surface area contributed by atoms with Gasteiger partial charge in [-0.2, -0.15) is 11.8 Å². The summed E-state index contributed by atoms with van der Waals surface area (Å²) in [5, 5.41) is 4.61. The van der Waals surface area contributed by atoms with Crippen LogP contribution in [-0.2, 0) is 12.0 Å². The lowest BCUT2D eigenvalue weighted by Gasteiger charge is -2.29. The van der Waals surface area contributed by atoms with Gasteiger partial charge in [0.1, 0.15) is 0 Å². The Morgan fingerprint density at radius 3 is 2.45 bits per heavy atom. The number of hydrogen-bond acceptors (Lipinski definition) is 2. The van der Waals surface area contributed by atoms with Crippen molar-refractivity contribution in [2.24, 2.45) is 0 Å². The summed E-state index contributed by atoms with van der Waals surface area (Å²) in [5.41, 5.74) is 3.08. The first kappa shape index (κ1) is 15.9. The molecular weight excluding hydrogens is 262 g/mol. The van der Waals surface area contributed by atoms with Gasteiger partial charge < -0.3 is 5.32 Å². The summed E-state index contributed by atoms with van der Waals surface area (Å²) in [6.45, 7) is 7.82. The highest BCUT2D eigenvalue weighted by molar-refractivity contribution is 7.99. The molecule has 0 heterocycles. The molecule has 20 heavy (non-hydrogen) atoms. The molecule has 0 radical (unpaired) electrons. The number of rotatable bonds is 4. The lowest BCUT2D eigenvalue weighted by Crippen LogP contribution is -2.34. The van der Waals surface area contributed by atoms with E-state index in [-0.39, 0.29) is 5.41 Å². The molecule has 2 atom stereocenters. The average Bonchev–Trinajstić information content (AvgIpc) is 2.45. The first-order valence-electron chi connectivity index (χ1n) is 7.84. The fourth-order valence-electron chi connectivity index (χ4n) is 2.93. The van der Waals surface area contributed by atoms with Crippen LogP contribution >= 0.6 is 11.8 Å². The van der Waals surface area contributed by atoms with Crippen molar-refractivity contribution in [1.82, 2.24) is 5.32 Å². The molecule has 1 aromatic carbocycles. The molecular formula is C18H29NS. The van der Waals surface area contributed by atoms with Crippen LogP contribution in [0.1, 0.15) is 57.6 Å². The number of nitrogens with one attached hydrogen (secondary N) is 1. The molecule has 2 unspecified atom stereocenters. The molecule has 2 rings (SSSR count). The molecule has 0 amide bonds. The third kappa shape index (κ3) is 4.53. The molecule has 1 saturated carbocycles. The molecule has 112 valence electrons. The van der Waals surface area contributed by atoms with Crippen LogP contribution in [0.25, 0.3) is 0 Å². The Bertz CT molecular complexity index is 404. The van der Waals surface area contributed by atoms with E-state index in [1.807, 2.05) is 11.8 Å². The second-order valence-corrected chi connectivity index (χ2v) is 8.19. The number of hydrogen-bond donors (Lipinski definition) is 1. The van der Waals surface area contributed by atoms with Crippen LogP contribution in [0.15, 0.2) is 24.3 Å². The Morgan fingerprint density at radius 1 is 1.15 bits per heavy atom. The zero-order chi connectivity index (χ0) is 14.6. The highest BCUT2D eigenvalue weighted by Crippen LogP contribution is 2.27. The summed E-state index contributed by atoms with van der Waals surface area (Å²) in [7, 11) is 0. The van der Waals surface area contributed by atoms with Gasteiger partial charge in [-0.1, -0.05) is 51.5 Å². The van der Waals surface area contributed by atoms with Crippen molar-refractivity contribution in [3.05, 3.63) is 35.4 Å². The smallest absolute Gasteiger partial charge is 0.0208 e. The molecule has 1 fully saturated rings. The van der Waals surface area contributed by atoms with Crippen LogP contribution in [0.4, 0.5) is 0 Å². The molecule has 0 aliphatic heterocycles. The van der Waals surface area contributed by atoms with Gasteiger partial charge in [0.05, 0.1) is 0 Å². The van der Waals surface area contributed by atoms with Gasteiger partial charge in [-0.05, 0) is 42.1 Å². The average molecular weight is 292 g/mol. The third-order valence-electron chi connectivity index (χ3n) is 4.37. The molecule has 2 heteroatoms. The van der Waals surface area contributed by atoms with Crippen LogP contribution in [0.5, 0.6) is 0 Å². The summed E-state index contributed by atoms with van der Waals surface area (Å²) in [6.07, 6.45) is 7.71. The van der Waals surface area contributed by atoms with Crippen molar-refractivity contribution in [3.63, 3.8) is 0 Å². The Labute approximate surface area is 128 Å². The van der Waals surface area contributed by atoms with Gasteiger partial charge in [-0.25, -0.2) is 0 Å². The van der Waals surface area contributed by atoms with Crippen molar-refractivity contribution >= 4 is 11.8 Å². The first-order chi connectivity index (χ1) is 9.49. The van der Waals surface area contributed by atoms with Crippen LogP contribution < -0.4 is 5.32 Å². The third-order valence-corrected chi connectivity index (χ3v) is 5.47. The normalized spacial score (nSPS) is 23.8. The van der Waals surface area contributed by atoms with Gasteiger partial charge in [-0.3, -0.25) is 0 Å². The van der Waals surface area contributed by atoms with Crippen molar-refractivity contribution in [2.45, 2.75) is 69.7 Å². The summed E-state index contributed by atoms with van der Waals surface area (Å²) in [5.74, 6) is 0. The number of thioether (sulfide) groups is 1. The van der Waals surface area contributed by atoms with Crippen LogP contribution in [0, 0.1) is 0 Å². The minimum absolute atomic E-state index is 0.251. The highest BCUT2D eigenvalue weighted by Gasteiger charge is 2.20. The monoisotopic (exact) mass is 291 g/mol. The largest absolute Gasteiger partial charge is 0.310 e. The minimum Gasteiger partial charge on any atom is -0.310 e. The predicted octanol–water partition coefficient (Wildman–Crippen LogP) is 4.75. The van der Waals surface area contributed by atoms with Crippen LogP contribution in [0.2, 0.25) is 0 Å². The summed E-state index contributed by atoms with van der Waals surface area (Å²) in [4.78, 5) is 0. The minimum atomic E-state index is 0.251. The Morgan fingerprint density at radius 2 is 1.85 bits per heavy atom. The van der Waals surface area contributed by atoms with Crippen molar-refractivity contribution in [3.8, 4) is 0 Å². The lowest BCUT2D eigenvalue weighted by atomic mass is 9.86. The maximum atomic E-state index is 3.75. The van der Waals surface area contributed by atoms with E-state index in [9.17, 15) is 0 Å². The van der Waals surface area contributed by atoms with Gasteiger partial charge in [0.2, 0.25) is 0 Å². The molecule has 0 saturated heterocycles. The van der Waals surface area contributed by atoms with E-state index in [0.717, 1.165) is 11.8 Å². The first-order valence-corrected chi connectivity index (χ1v) is 9.13. The fraction of sp³-hybridized carbons (Fsp3) is 0.667. The van der Waals surface area contributed by atoms with Crippen molar-refractivity contribution in [2.75, 3.05) is 6.26 Å². The van der Waals surface area contributed by atoms with Gasteiger partial charge >= 0.3 is 0 Å². The second-order valence-electron chi connectivity index (χ2n) is 7.05. The van der Waals surface area contributed by atoms with E-state index in [4.69, 9.17) is 0 Å². The van der Waals surface area contributed by atoms with Gasteiger partial charge in [0.25, 0.3) is 0 Å². The Balaban J connectivity index is 1.85. The van der Waals surface area contributed by atoms with Gasteiger partial charge in [-0.15, -0.1) is 0 Å². The van der Waals surface area contributed by atoms with E-state index in [0.29, 0.717) is 6.04 Å². The molecule has 1 aromatic rings. The molecule has 0 aromatic heterocycles. The van der Waals surface area contributed by atoms with E-state index >= 15 is 0 Å². The molecule has 1 aliphatic carbocycles. The zero-order valence-electron chi connectivity index (χ0n) is 13.4. The highest BCUT2D eigenvalue weighted by atomic mass is 32.2. The molecule has 0 spiro atoms. The lowest BCUT2D eigenvalue weighted by molar-refractivity contribution is 0.380. The maximum absolute atomic E-state index is 3.75. The maximum Gasteiger partial charge on any atom is 0.0208 e. The standard InChI is InChI=1S/C18H29NS/c1-18(2,3)15-10-8-14(9-11-15)13-19-16-6-5-7-17(12-16)20-4/h8-11,16-17,19H,5-7,12-13H2,1-4H3. The van der Waals surface area contributed by atoms with Crippen LogP contribution in [-0.4, -0.2) is 17.5 Å². The van der Waals surface area contributed by atoms with E-state index < -0.39 is 0 Å². The molecule has 1 nitrogen and oxygen atoms in total. The topological polar surface area (TPSA) is 12.0 Å². The SMILES string of the molecule is CSC1CCCC(NCc2ccc(C(C)(C)C)cc2)C1. The Kier molecular flexibility index (Phi) is 5.57. The quantitative estimate of drug-likeness (QED) is 0.859. The second kappa shape index (κ2) is 7.00. The van der Waals surface area contributed by atoms with Crippen LogP contribution in [0.3, 0.4) is 0 Å². The molecule has 1 aliphatic rings. The summed E-state index contributed by atoms with van der Waals surface area (Å²) >= 11 is 2.04. The van der Waals surface area contributed by atoms with Gasteiger partial charge in [0.15, 0.2) is 0 Å².